The van der Waals surface area contributed by atoms with Crippen molar-refractivity contribution in [2.45, 2.75) is 50.6 Å². The van der Waals surface area contributed by atoms with Crippen LogP contribution in [-0.4, -0.2) is 51.6 Å². The molecule has 138 valence electrons. The van der Waals surface area contributed by atoms with E-state index in [0.29, 0.717) is 5.69 Å². The number of benzene rings is 1. The molecule has 0 atom stereocenters. The first kappa shape index (κ1) is 17.1. The van der Waals surface area contributed by atoms with Crippen molar-refractivity contribution in [3.8, 4) is 0 Å². The normalized spacial score (nSPS) is 23.1. The molecule has 0 radical (unpaired) electrons. The summed E-state index contributed by atoms with van der Waals surface area (Å²) in [5.41, 5.74) is 1.79. The summed E-state index contributed by atoms with van der Waals surface area (Å²) in [7, 11) is -3.49. The average molecular weight is 365 g/mol. The zero-order valence-corrected chi connectivity index (χ0v) is 15.5. The summed E-state index contributed by atoms with van der Waals surface area (Å²) in [6, 6.07) is 8.67. The molecule has 0 spiro atoms. The first-order valence-corrected chi connectivity index (χ1v) is 11.0. The number of nitrogens with one attached hydrogen (secondary N) is 2. The maximum absolute atomic E-state index is 12.2. The number of piperazine rings is 1. The van der Waals surface area contributed by atoms with Gasteiger partial charge in [0.2, 0.25) is 0 Å². The van der Waals surface area contributed by atoms with Gasteiger partial charge in [0.25, 0.3) is 10.2 Å². The van der Waals surface area contributed by atoms with E-state index in [-0.39, 0.29) is 6.04 Å². The molecule has 2 aliphatic carbocycles. The van der Waals surface area contributed by atoms with Crippen LogP contribution in [0.5, 0.6) is 0 Å². The fraction of sp³-hybridized carbons (Fsp3) is 0.667. The van der Waals surface area contributed by atoms with E-state index in [4.69, 9.17) is 0 Å². The summed E-state index contributed by atoms with van der Waals surface area (Å²) in [4.78, 5) is 4.97. The summed E-state index contributed by atoms with van der Waals surface area (Å²) in [6.45, 7) is 4.35. The quantitative estimate of drug-likeness (QED) is 0.812. The predicted octanol–water partition coefficient (Wildman–Crippen LogP) is 2.16. The van der Waals surface area contributed by atoms with Crippen molar-refractivity contribution in [1.82, 2.24) is 9.62 Å². The topological polar surface area (TPSA) is 64.7 Å². The van der Waals surface area contributed by atoms with E-state index < -0.39 is 10.2 Å². The molecular formula is C18H28N4O2S. The van der Waals surface area contributed by atoms with Crippen molar-refractivity contribution in [1.29, 1.82) is 0 Å². The Morgan fingerprint density at radius 3 is 2.12 bits per heavy atom. The molecule has 7 heteroatoms. The lowest BCUT2D eigenvalue weighted by molar-refractivity contribution is 0.248. The lowest BCUT2D eigenvalue weighted by Gasteiger charge is -2.36. The Kier molecular flexibility index (Phi) is 4.88. The standard InChI is InChI=1S/C18H28N4O2S/c23-25(24,19-15-3-1-2-4-15)20-16-5-7-17(8-6-16)21-11-13-22(14-12-21)18-9-10-18/h5-8,15,18-20H,1-4,9-14H2. The van der Waals surface area contributed by atoms with E-state index in [1.54, 1.807) is 0 Å². The molecule has 1 aromatic rings. The number of hydrogen-bond acceptors (Lipinski definition) is 4. The lowest BCUT2D eigenvalue weighted by atomic mass is 10.2. The van der Waals surface area contributed by atoms with Gasteiger partial charge in [-0.1, -0.05) is 12.8 Å². The van der Waals surface area contributed by atoms with Crippen LogP contribution in [0.1, 0.15) is 38.5 Å². The van der Waals surface area contributed by atoms with Crippen molar-refractivity contribution in [2.24, 2.45) is 0 Å². The van der Waals surface area contributed by atoms with Gasteiger partial charge in [0.05, 0.1) is 0 Å². The van der Waals surface area contributed by atoms with Gasteiger partial charge in [-0.3, -0.25) is 9.62 Å². The fourth-order valence-electron chi connectivity index (χ4n) is 3.97. The molecule has 1 aliphatic heterocycles. The fourth-order valence-corrected chi connectivity index (χ4v) is 5.15. The third-order valence-corrected chi connectivity index (χ3v) is 6.69. The highest BCUT2D eigenvalue weighted by molar-refractivity contribution is 7.90. The zero-order chi connectivity index (χ0) is 17.3. The highest BCUT2D eigenvalue weighted by atomic mass is 32.2. The van der Waals surface area contributed by atoms with Crippen molar-refractivity contribution in [3.63, 3.8) is 0 Å². The third kappa shape index (κ3) is 4.46. The van der Waals surface area contributed by atoms with E-state index in [9.17, 15) is 8.42 Å². The second kappa shape index (κ2) is 7.13. The Morgan fingerprint density at radius 2 is 1.52 bits per heavy atom. The van der Waals surface area contributed by atoms with Gasteiger partial charge in [0.15, 0.2) is 0 Å². The van der Waals surface area contributed by atoms with Gasteiger partial charge in [-0.15, -0.1) is 0 Å². The minimum Gasteiger partial charge on any atom is -0.369 e. The Bertz CT molecular complexity index is 674. The van der Waals surface area contributed by atoms with Crippen molar-refractivity contribution in [2.75, 3.05) is 35.8 Å². The summed E-state index contributed by atoms with van der Waals surface area (Å²) in [5, 5.41) is 0. The Labute approximate surface area is 150 Å². The molecule has 6 nitrogen and oxygen atoms in total. The molecule has 0 unspecified atom stereocenters. The first-order valence-electron chi connectivity index (χ1n) is 9.48. The van der Waals surface area contributed by atoms with Crippen LogP contribution in [0.3, 0.4) is 0 Å². The molecule has 1 saturated heterocycles. The van der Waals surface area contributed by atoms with E-state index >= 15 is 0 Å². The van der Waals surface area contributed by atoms with Crippen molar-refractivity contribution < 1.29 is 8.42 Å². The molecule has 0 bridgehead atoms. The lowest BCUT2D eigenvalue weighted by Crippen LogP contribution is -2.47. The van der Waals surface area contributed by atoms with E-state index in [0.717, 1.165) is 57.9 Å². The Balaban J connectivity index is 1.32. The molecule has 2 N–H and O–H groups in total. The maximum Gasteiger partial charge on any atom is 0.299 e. The largest absolute Gasteiger partial charge is 0.369 e. The van der Waals surface area contributed by atoms with Gasteiger partial charge in [-0.05, 0) is 49.9 Å². The smallest absolute Gasteiger partial charge is 0.299 e. The van der Waals surface area contributed by atoms with Gasteiger partial charge >= 0.3 is 0 Å². The molecule has 3 aliphatic rings. The zero-order valence-electron chi connectivity index (χ0n) is 14.7. The average Bonchev–Trinajstić information content (AvgIpc) is 3.33. The molecule has 0 aromatic heterocycles. The number of rotatable bonds is 6. The van der Waals surface area contributed by atoms with Gasteiger partial charge in [-0.2, -0.15) is 13.1 Å². The highest BCUT2D eigenvalue weighted by Gasteiger charge is 2.31. The Morgan fingerprint density at radius 1 is 0.880 bits per heavy atom. The van der Waals surface area contributed by atoms with E-state index in [1.807, 2.05) is 24.3 Å². The van der Waals surface area contributed by atoms with Crippen LogP contribution in [0.25, 0.3) is 0 Å². The summed E-state index contributed by atoms with van der Waals surface area (Å²) < 4.78 is 29.8. The summed E-state index contributed by atoms with van der Waals surface area (Å²) >= 11 is 0. The van der Waals surface area contributed by atoms with Crippen LogP contribution >= 0.6 is 0 Å². The van der Waals surface area contributed by atoms with Crippen LogP contribution in [-0.2, 0) is 10.2 Å². The molecule has 4 rings (SSSR count). The van der Waals surface area contributed by atoms with Crippen LogP contribution in [0.2, 0.25) is 0 Å². The number of nitrogens with zero attached hydrogens (tertiary/aromatic N) is 2. The minimum absolute atomic E-state index is 0.0829. The molecule has 25 heavy (non-hydrogen) atoms. The van der Waals surface area contributed by atoms with Crippen LogP contribution < -0.4 is 14.3 Å². The molecular weight excluding hydrogens is 336 g/mol. The summed E-state index contributed by atoms with van der Waals surface area (Å²) in [6.07, 6.45) is 6.82. The maximum atomic E-state index is 12.2. The van der Waals surface area contributed by atoms with Crippen LogP contribution in [0, 0.1) is 0 Å². The van der Waals surface area contributed by atoms with E-state index in [1.165, 1.54) is 18.5 Å². The molecule has 0 amide bonds. The molecule has 3 fully saturated rings. The second-order valence-electron chi connectivity index (χ2n) is 7.51. The molecule has 2 saturated carbocycles. The number of hydrogen-bond donors (Lipinski definition) is 2. The van der Waals surface area contributed by atoms with Crippen molar-refractivity contribution >= 4 is 21.6 Å². The minimum atomic E-state index is -3.49. The van der Waals surface area contributed by atoms with Crippen molar-refractivity contribution in [3.05, 3.63) is 24.3 Å². The van der Waals surface area contributed by atoms with Crippen LogP contribution in [0.4, 0.5) is 11.4 Å². The van der Waals surface area contributed by atoms with E-state index in [2.05, 4.69) is 19.2 Å². The number of anilines is 2. The SMILES string of the molecule is O=S(=O)(Nc1ccc(N2CCN(C3CC3)CC2)cc1)NC1CCCC1. The Hall–Kier alpha value is -1.31. The first-order chi connectivity index (χ1) is 12.1. The molecule has 1 heterocycles. The van der Waals surface area contributed by atoms with Gasteiger partial charge < -0.3 is 4.90 Å². The summed E-state index contributed by atoms with van der Waals surface area (Å²) in [5.74, 6) is 0. The van der Waals surface area contributed by atoms with Gasteiger partial charge in [0.1, 0.15) is 0 Å². The van der Waals surface area contributed by atoms with Crippen LogP contribution in [0.15, 0.2) is 24.3 Å². The highest BCUT2D eigenvalue weighted by Crippen LogP contribution is 2.29. The molecule has 1 aromatic carbocycles. The second-order valence-corrected chi connectivity index (χ2v) is 8.95. The predicted molar refractivity (Wildman–Crippen MR) is 101 cm³/mol. The monoisotopic (exact) mass is 364 g/mol. The van der Waals surface area contributed by atoms with Gasteiger partial charge in [-0.25, -0.2) is 0 Å². The third-order valence-electron chi connectivity index (χ3n) is 5.54. The van der Waals surface area contributed by atoms with Gasteiger partial charge in [0, 0.05) is 49.6 Å².